The second-order valence-electron chi connectivity index (χ2n) is 7.81. The van der Waals surface area contributed by atoms with Gasteiger partial charge >= 0.3 is 0 Å². The first kappa shape index (κ1) is 27.8. The summed E-state index contributed by atoms with van der Waals surface area (Å²) in [6.07, 6.45) is 1.59. The fraction of sp³-hybridized carbons (Fsp3) is 0.250. The summed E-state index contributed by atoms with van der Waals surface area (Å²) >= 11 is 1.05. The Bertz CT molecular complexity index is 1440. The molecule has 0 aliphatic carbocycles. The predicted octanol–water partition coefficient (Wildman–Crippen LogP) is 4.07. The van der Waals surface area contributed by atoms with Gasteiger partial charge in [0, 0.05) is 17.9 Å². The van der Waals surface area contributed by atoms with E-state index in [9.17, 15) is 18.4 Å². The van der Waals surface area contributed by atoms with Crippen molar-refractivity contribution in [2.24, 2.45) is 0 Å². The van der Waals surface area contributed by atoms with Crippen molar-refractivity contribution < 1.29 is 27.4 Å². The molecule has 1 unspecified atom stereocenters. The molecule has 2 aromatic heterocycles. The quantitative estimate of drug-likeness (QED) is 0.182. The Labute approximate surface area is 221 Å². The summed E-state index contributed by atoms with van der Waals surface area (Å²) in [5, 5.41) is -0.199. The Kier molecular flexibility index (Phi) is 9.91. The highest BCUT2D eigenvalue weighted by molar-refractivity contribution is 8.14. The number of thioether (sulfide) groups is 1. The van der Waals surface area contributed by atoms with E-state index in [4.69, 9.17) is 19.5 Å². The Balaban J connectivity index is 1.28. The van der Waals surface area contributed by atoms with E-state index >= 15 is 0 Å². The zero-order chi connectivity index (χ0) is 26.9. The largest absolute Gasteiger partial charge is 0.370 e. The Morgan fingerprint density at radius 1 is 1.11 bits per heavy atom. The van der Waals surface area contributed by atoms with Crippen molar-refractivity contribution >= 4 is 42.4 Å². The van der Waals surface area contributed by atoms with Crippen LogP contribution in [-0.2, 0) is 26.9 Å². The monoisotopic (exact) mass is 563 g/mol. The van der Waals surface area contributed by atoms with Crippen molar-refractivity contribution in [3.63, 3.8) is 0 Å². The van der Waals surface area contributed by atoms with E-state index in [2.05, 4.69) is 15.0 Å². The topological polar surface area (TPSA) is 134 Å². The average Bonchev–Trinajstić information content (AvgIpc) is 3.30. The molecular formula is C24H24F2N5O5PS. The smallest absolute Gasteiger partial charge is 0.280 e. The number of imidazole rings is 1. The number of nitrogen functional groups attached to an aromatic ring is 1. The van der Waals surface area contributed by atoms with E-state index in [1.165, 1.54) is 42.7 Å². The minimum Gasteiger partial charge on any atom is -0.370 e. The summed E-state index contributed by atoms with van der Waals surface area (Å²) < 4.78 is 45.7. The number of nitrogens with two attached hydrogens (primary N) is 1. The maximum atomic E-state index is 13.5. The van der Waals surface area contributed by atoms with Gasteiger partial charge in [-0.1, -0.05) is 23.9 Å². The fourth-order valence-corrected chi connectivity index (χ4v) is 5.13. The zero-order valence-corrected chi connectivity index (χ0v) is 21.7. The molecule has 10 nitrogen and oxygen atoms in total. The first-order chi connectivity index (χ1) is 18.4. The molecular weight excluding hydrogens is 539 g/mol. The number of H-pyrrole nitrogens is 1. The van der Waals surface area contributed by atoms with Gasteiger partial charge in [0.1, 0.15) is 18.0 Å². The first-order valence-electron chi connectivity index (χ1n) is 11.4. The summed E-state index contributed by atoms with van der Waals surface area (Å²) in [5.74, 6) is -0.445. The van der Waals surface area contributed by atoms with Crippen LogP contribution in [-0.4, -0.2) is 49.9 Å². The summed E-state index contributed by atoms with van der Waals surface area (Å²) in [4.78, 5) is 34.8. The van der Waals surface area contributed by atoms with Gasteiger partial charge in [-0.2, -0.15) is 4.98 Å². The second kappa shape index (κ2) is 13.5. The highest BCUT2D eigenvalue weighted by Crippen LogP contribution is 2.39. The molecule has 38 heavy (non-hydrogen) atoms. The van der Waals surface area contributed by atoms with Crippen LogP contribution in [0.2, 0.25) is 0 Å². The zero-order valence-electron chi connectivity index (χ0n) is 20.0. The van der Waals surface area contributed by atoms with Gasteiger partial charge in [-0.15, -0.1) is 0 Å². The summed E-state index contributed by atoms with van der Waals surface area (Å²) in [6, 6.07) is 11.4. The molecule has 0 bridgehead atoms. The molecule has 1 atom stereocenters. The number of benzene rings is 2. The lowest BCUT2D eigenvalue weighted by molar-refractivity contribution is 0.108. The van der Waals surface area contributed by atoms with Gasteiger partial charge in [0.05, 0.1) is 26.1 Å². The number of nitrogens with one attached hydrogen (secondary N) is 1. The molecule has 2 aromatic carbocycles. The van der Waals surface area contributed by atoms with Gasteiger partial charge in [0.15, 0.2) is 19.5 Å². The lowest BCUT2D eigenvalue weighted by Crippen LogP contribution is -2.13. The highest BCUT2D eigenvalue weighted by atomic mass is 32.2. The molecule has 4 rings (SSSR count). The number of aromatic nitrogens is 4. The molecule has 0 aliphatic heterocycles. The van der Waals surface area contributed by atoms with E-state index in [0.717, 1.165) is 11.8 Å². The minimum absolute atomic E-state index is 0.0105. The molecule has 0 radical (unpaired) electrons. The Morgan fingerprint density at radius 3 is 2.71 bits per heavy atom. The lowest BCUT2D eigenvalue weighted by Gasteiger charge is -2.18. The lowest BCUT2D eigenvalue weighted by atomic mass is 10.2. The van der Waals surface area contributed by atoms with Gasteiger partial charge in [-0.05, 0) is 42.0 Å². The number of fused-ring (bicyclic) bond motifs is 1. The van der Waals surface area contributed by atoms with Gasteiger partial charge in [-0.25, -0.2) is 13.8 Å². The van der Waals surface area contributed by atoms with Crippen molar-refractivity contribution in [3.8, 4) is 0 Å². The van der Waals surface area contributed by atoms with Crippen LogP contribution in [0.25, 0.3) is 11.2 Å². The Hall–Kier alpha value is -3.22. The average molecular weight is 564 g/mol. The molecule has 0 spiro atoms. The summed E-state index contributed by atoms with van der Waals surface area (Å²) in [6.45, 7) is 0.908. The van der Waals surface area contributed by atoms with Crippen LogP contribution < -0.4 is 11.3 Å². The highest BCUT2D eigenvalue weighted by Gasteiger charge is 2.14. The van der Waals surface area contributed by atoms with Crippen molar-refractivity contribution in [2.45, 2.75) is 13.2 Å². The van der Waals surface area contributed by atoms with E-state index in [1.807, 2.05) is 0 Å². The molecule has 14 heteroatoms. The maximum Gasteiger partial charge on any atom is 0.280 e. The molecule has 3 N–H and O–H groups in total. The van der Waals surface area contributed by atoms with Crippen LogP contribution in [0.1, 0.15) is 15.9 Å². The number of anilines is 1. The third kappa shape index (κ3) is 7.89. The number of hydrogen-bond acceptors (Lipinski definition) is 9. The van der Waals surface area contributed by atoms with Crippen molar-refractivity contribution in [1.29, 1.82) is 0 Å². The van der Waals surface area contributed by atoms with E-state index < -0.39 is 19.8 Å². The third-order valence-corrected chi connectivity index (χ3v) is 7.21. The molecule has 0 amide bonds. The minimum atomic E-state index is -1.53. The number of nitrogens with zero attached hydrogens (tertiary/aromatic N) is 3. The maximum absolute atomic E-state index is 13.5. The van der Waals surface area contributed by atoms with Crippen molar-refractivity contribution in [1.82, 2.24) is 19.5 Å². The summed E-state index contributed by atoms with van der Waals surface area (Å²) in [5.41, 5.74) is 6.76. The van der Waals surface area contributed by atoms with E-state index in [0.29, 0.717) is 29.1 Å². The molecule has 4 aromatic rings. The van der Waals surface area contributed by atoms with Crippen molar-refractivity contribution in [2.75, 3.05) is 31.0 Å². The predicted molar refractivity (Wildman–Crippen MR) is 141 cm³/mol. The van der Waals surface area contributed by atoms with Crippen LogP contribution in [0, 0.1) is 11.6 Å². The van der Waals surface area contributed by atoms with Crippen LogP contribution in [0.5, 0.6) is 0 Å². The van der Waals surface area contributed by atoms with Crippen LogP contribution in [0.4, 0.5) is 14.7 Å². The van der Waals surface area contributed by atoms with Gasteiger partial charge in [0.2, 0.25) is 11.1 Å². The number of rotatable bonds is 13. The van der Waals surface area contributed by atoms with Gasteiger partial charge in [-0.3, -0.25) is 14.6 Å². The number of halogens is 2. The SMILES string of the molecule is Nc1nc2c(ncn2CCOCP(OCCSC(=O)c2ccc(F)cc2)OCc2cccc(F)c2)c(=O)[nH]1. The first-order valence-corrected chi connectivity index (χ1v) is 13.7. The molecule has 0 saturated carbocycles. The Morgan fingerprint density at radius 2 is 1.92 bits per heavy atom. The molecule has 0 saturated heterocycles. The fourth-order valence-electron chi connectivity index (χ4n) is 3.26. The number of carbonyl (C=O) groups excluding carboxylic acids is 1. The normalized spacial score (nSPS) is 12.2. The number of aromatic amines is 1. The molecule has 0 aliphatic rings. The van der Waals surface area contributed by atoms with Crippen LogP contribution in [0.15, 0.2) is 59.7 Å². The molecule has 2 heterocycles. The van der Waals surface area contributed by atoms with Crippen LogP contribution in [0.3, 0.4) is 0 Å². The molecule has 200 valence electrons. The number of hydrogen-bond donors (Lipinski definition) is 2. The molecule has 0 fully saturated rings. The van der Waals surface area contributed by atoms with Gasteiger partial charge < -0.3 is 24.1 Å². The standard InChI is InChI=1S/C24H24F2N5O5PS/c25-18-6-4-17(5-7-18)23(33)38-11-10-35-37(36-13-16-2-1-3-19(26)12-16)15-34-9-8-31-14-28-20-21(31)29-24(27)30-22(20)32/h1-7,12,14H,8-11,13,15H2,(H3,27,29,30,32). The third-order valence-electron chi connectivity index (χ3n) is 5.06. The second-order valence-corrected chi connectivity index (χ2v) is 10.3. The number of carbonyl (C=O) groups is 1. The van der Waals surface area contributed by atoms with E-state index in [1.54, 1.807) is 16.7 Å². The van der Waals surface area contributed by atoms with E-state index in [-0.39, 0.29) is 48.6 Å². The number of ether oxygens (including phenoxy) is 1. The summed E-state index contributed by atoms with van der Waals surface area (Å²) in [7, 11) is -1.53. The van der Waals surface area contributed by atoms with Crippen molar-refractivity contribution in [3.05, 3.63) is 88.0 Å². The van der Waals surface area contributed by atoms with Gasteiger partial charge in [0.25, 0.3) is 5.56 Å². The van der Waals surface area contributed by atoms with Crippen LogP contribution >= 0.6 is 20.1 Å².